The molecule has 1 N–H and O–H groups in total. The Hall–Kier alpha value is -2.14. The van der Waals surface area contributed by atoms with Gasteiger partial charge in [0.25, 0.3) is 0 Å². The Balaban J connectivity index is 1.88. The van der Waals surface area contributed by atoms with Gasteiger partial charge in [0.15, 0.2) is 0 Å². The topological polar surface area (TPSA) is 60.9 Å². The Bertz CT molecular complexity index is 724. The molecule has 3 atom stereocenters. The largest absolute Gasteiger partial charge is 0.394 e. The van der Waals surface area contributed by atoms with Crippen molar-refractivity contribution in [3.63, 3.8) is 0 Å². The number of hydrogen-bond acceptors (Lipinski definition) is 3. The molecule has 0 spiro atoms. The summed E-state index contributed by atoms with van der Waals surface area (Å²) in [5.41, 5.74) is 2.25. The SMILES string of the molecule is C/C=C/c1ccc([C@@H]2[C@@H](CN(CC)C(C)=O)N(C(=O)C3CCC3)[C@H]2CO)cc1. The number of allylic oxidation sites excluding steroid dienone is 1. The van der Waals surface area contributed by atoms with Crippen LogP contribution in [0, 0.1) is 5.92 Å². The minimum atomic E-state index is -0.212. The molecule has 3 rings (SSSR count). The highest BCUT2D eigenvalue weighted by Gasteiger charge is 2.53. The Kier molecular flexibility index (Phi) is 6.55. The van der Waals surface area contributed by atoms with E-state index in [0.29, 0.717) is 13.1 Å². The Morgan fingerprint density at radius 3 is 2.36 bits per heavy atom. The number of rotatable bonds is 7. The van der Waals surface area contributed by atoms with Crippen molar-refractivity contribution in [2.45, 2.75) is 58.0 Å². The molecule has 2 fully saturated rings. The van der Waals surface area contributed by atoms with Crippen molar-refractivity contribution in [3.8, 4) is 0 Å². The molecule has 5 nitrogen and oxygen atoms in total. The van der Waals surface area contributed by atoms with Crippen LogP contribution in [0.4, 0.5) is 0 Å². The molecule has 0 bridgehead atoms. The third kappa shape index (κ3) is 3.86. The first-order valence-corrected chi connectivity index (χ1v) is 10.4. The van der Waals surface area contributed by atoms with Gasteiger partial charge in [0.2, 0.25) is 11.8 Å². The summed E-state index contributed by atoms with van der Waals surface area (Å²) in [5.74, 6) is 0.300. The van der Waals surface area contributed by atoms with E-state index in [1.165, 1.54) is 0 Å². The summed E-state index contributed by atoms with van der Waals surface area (Å²) < 4.78 is 0. The zero-order valence-electron chi connectivity index (χ0n) is 17.2. The van der Waals surface area contributed by atoms with Crippen LogP contribution in [0.5, 0.6) is 0 Å². The van der Waals surface area contributed by atoms with E-state index in [2.05, 4.69) is 24.3 Å². The average molecular weight is 385 g/mol. The van der Waals surface area contributed by atoms with Gasteiger partial charge in [0.1, 0.15) is 0 Å². The molecule has 1 heterocycles. The van der Waals surface area contributed by atoms with E-state index in [1.54, 1.807) is 11.8 Å². The summed E-state index contributed by atoms with van der Waals surface area (Å²) in [6.45, 7) is 6.61. The van der Waals surface area contributed by atoms with Crippen molar-refractivity contribution in [1.29, 1.82) is 0 Å². The van der Waals surface area contributed by atoms with Crippen LogP contribution >= 0.6 is 0 Å². The van der Waals surface area contributed by atoms with E-state index in [1.807, 2.05) is 30.9 Å². The number of hydrogen-bond donors (Lipinski definition) is 1. The lowest BCUT2D eigenvalue weighted by atomic mass is 9.72. The minimum absolute atomic E-state index is 0.0215. The highest BCUT2D eigenvalue weighted by atomic mass is 16.3. The predicted molar refractivity (Wildman–Crippen MR) is 111 cm³/mol. The minimum Gasteiger partial charge on any atom is -0.394 e. The summed E-state index contributed by atoms with van der Waals surface area (Å²) in [5, 5.41) is 10.1. The van der Waals surface area contributed by atoms with Gasteiger partial charge in [0.05, 0.1) is 18.7 Å². The molecule has 2 amide bonds. The molecule has 1 aromatic rings. The summed E-state index contributed by atoms with van der Waals surface area (Å²) in [6.07, 6.45) is 7.03. The number of benzene rings is 1. The van der Waals surface area contributed by atoms with Gasteiger partial charge in [-0.3, -0.25) is 9.59 Å². The number of amides is 2. The highest BCUT2D eigenvalue weighted by molar-refractivity contribution is 5.82. The van der Waals surface area contributed by atoms with Crippen molar-refractivity contribution in [2.24, 2.45) is 5.92 Å². The van der Waals surface area contributed by atoms with Crippen LogP contribution in [0.1, 0.15) is 57.1 Å². The molecule has 0 aromatic heterocycles. The highest BCUT2D eigenvalue weighted by Crippen LogP contribution is 2.44. The van der Waals surface area contributed by atoms with E-state index in [0.717, 1.165) is 30.4 Å². The Morgan fingerprint density at radius 1 is 1.21 bits per heavy atom. The number of likely N-dealkylation sites (N-methyl/N-ethyl adjacent to an activating group) is 1. The Morgan fingerprint density at radius 2 is 1.89 bits per heavy atom. The van der Waals surface area contributed by atoms with Crippen LogP contribution in [0.15, 0.2) is 30.3 Å². The normalized spacial score (nSPS) is 24.7. The molecular formula is C23H32N2O3. The van der Waals surface area contributed by atoms with Gasteiger partial charge in [0, 0.05) is 31.8 Å². The lowest BCUT2D eigenvalue weighted by molar-refractivity contribution is -0.161. The van der Waals surface area contributed by atoms with Crippen molar-refractivity contribution < 1.29 is 14.7 Å². The quantitative estimate of drug-likeness (QED) is 0.786. The number of carbonyl (C=O) groups excluding carboxylic acids is 2. The molecule has 28 heavy (non-hydrogen) atoms. The molecule has 2 aliphatic rings. The molecule has 1 aromatic carbocycles. The zero-order chi connectivity index (χ0) is 20.3. The van der Waals surface area contributed by atoms with E-state index in [4.69, 9.17) is 0 Å². The summed E-state index contributed by atoms with van der Waals surface area (Å²) in [4.78, 5) is 28.7. The fourth-order valence-corrected chi connectivity index (χ4v) is 4.52. The maximum absolute atomic E-state index is 13.0. The summed E-state index contributed by atoms with van der Waals surface area (Å²) in [6, 6.07) is 8.02. The van der Waals surface area contributed by atoms with Gasteiger partial charge >= 0.3 is 0 Å². The van der Waals surface area contributed by atoms with Crippen LogP contribution in [0.25, 0.3) is 6.08 Å². The fourth-order valence-electron chi connectivity index (χ4n) is 4.52. The first-order valence-electron chi connectivity index (χ1n) is 10.4. The molecule has 1 aliphatic carbocycles. The average Bonchev–Trinajstić information content (AvgIpc) is 2.61. The second-order valence-corrected chi connectivity index (χ2v) is 7.94. The third-order valence-electron chi connectivity index (χ3n) is 6.35. The van der Waals surface area contributed by atoms with Gasteiger partial charge in [-0.2, -0.15) is 0 Å². The van der Waals surface area contributed by atoms with Crippen molar-refractivity contribution >= 4 is 17.9 Å². The van der Waals surface area contributed by atoms with Gasteiger partial charge in [-0.05, 0) is 37.8 Å². The molecule has 5 heteroatoms. The molecule has 0 radical (unpaired) electrons. The van der Waals surface area contributed by atoms with Gasteiger partial charge < -0.3 is 14.9 Å². The van der Waals surface area contributed by atoms with E-state index in [9.17, 15) is 14.7 Å². The van der Waals surface area contributed by atoms with E-state index >= 15 is 0 Å². The van der Waals surface area contributed by atoms with Crippen LogP contribution < -0.4 is 0 Å². The fraction of sp³-hybridized carbons (Fsp3) is 0.565. The smallest absolute Gasteiger partial charge is 0.226 e. The van der Waals surface area contributed by atoms with E-state index in [-0.39, 0.29) is 42.3 Å². The number of aliphatic hydroxyl groups is 1. The summed E-state index contributed by atoms with van der Waals surface area (Å²) in [7, 11) is 0. The van der Waals surface area contributed by atoms with Gasteiger partial charge in [-0.1, -0.05) is 42.8 Å². The zero-order valence-corrected chi connectivity index (χ0v) is 17.2. The first-order chi connectivity index (χ1) is 13.5. The number of likely N-dealkylation sites (tertiary alicyclic amines) is 1. The van der Waals surface area contributed by atoms with Gasteiger partial charge in [-0.25, -0.2) is 0 Å². The monoisotopic (exact) mass is 384 g/mol. The Labute approximate surface area is 168 Å². The second-order valence-electron chi connectivity index (χ2n) is 7.94. The standard InChI is InChI=1S/C23H32N2O3/c1-4-7-17-10-12-18(13-11-17)22-20(14-24(5-2)16(3)27)25(21(22)15-26)23(28)19-8-6-9-19/h4,7,10-13,19-22,26H,5-6,8-9,14-15H2,1-3H3/b7-4+/t20-,21+,22-/m1/s1. The molecule has 1 aliphatic heterocycles. The molecular weight excluding hydrogens is 352 g/mol. The lowest BCUT2D eigenvalue weighted by Gasteiger charge is -2.57. The summed E-state index contributed by atoms with van der Waals surface area (Å²) >= 11 is 0. The van der Waals surface area contributed by atoms with Crippen LogP contribution in [-0.2, 0) is 9.59 Å². The van der Waals surface area contributed by atoms with Crippen LogP contribution in [0.3, 0.4) is 0 Å². The third-order valence-corrected chi connectivity index (χ3v) is 6.35. The molecule has 152 valence electrons. The van der Waals surface area contributed by atoms with Crippen LogP contribution in [0.2, 0.25) is 0 Å². The number of nitrogens with zero attached hydrogens (tertiary/aromatic N) is 2. The van der Waals surface area contributed by atoms with Crippen molar-refractivity contribution in [1.82, 2.24) is 9.80 Å². The van der Waals surface area contributed by atoms with Crippen molar-refractivity contribution in [3.05, 3.63) is 41.5 Å². The maximum Gasteiger partial charge on any atom is 0.226 e. The molecule has 1 saturated heterocycles. The predicted octanol–water partition coefficient (Wildman–Crippen LogP) is 3.04. The van der Waals surface area contributed by atoms with E-state index < -0.39 is 0 Å². The maximum atomic E-state index is 13.0. The van der Waals surface area contributed by atoms with Crippen LogP contribution in [-0.4, -0.2) is 58.5 Å². The van der Waals surface area contributed by atoms with Crippen molar-refractivity contribution in [2.75, 3.05) is 19.7 Å². The molecule has 1 saturated carbocycles. The molecule has 0 unspecified atom stereocenters. The number of aliphatic hydroxyl groups excluding tert-OH is 1. The second kappa shape index (κ2) is 8.91. The lowest BCUT2D eigenvalue weighted by Crippen LogP contribution is -2.70. The first kappa shape index (κ1) is 20.6. The van der Waals surface area contributed by atoms with Gasteiger partial charge in [-0.15, -0.1) is 0 Å². The number of carbonyl (C=O) groups is 2.